The van der Waals surface area contributed by atoms with E-state index in [1.54, 1.807) is 18.2 Å². The van der Waals surface area contributed by atoms with Crippen LogP contribution in [-0.4, -0.2) is 46.2 Å². The van der Waals surface area contributed by atoms with Gasteiger partial charge in [0.1, 0.15) is 0 Å². The van der Waals surface area contributed by atoms with Crippen LogP contribution in [0.3, 0.4) is 0 Å². The van der Waals surface area contributed by atoms with Gasteiger partial charge in [-0.1, -0.05) is 12.5 Å². The zero-order chi connectivity index (χ0) is 22.4. The number of methoxy groups -OCH3 is 1. The molecule has 0 radical (unpaired) electrons. The van der Waals surface area contributed by atoms with Gasteiger partial charge in [-0.05, 0) is 55.8 Å². The molecule has 0 unspecified atom stereocenters. The number of unbranched alkanes of at least 4 members (excludes halogenated alkanes) is 2. The number of aromatic carboxylic acids is 1. The molecule has 0 saturated heterocycles. The summed E-state index contributed by atoms with van der Waals surface area (Å²) in [5.41, 5.74) is 7.47. The van der Waals surface area contributed by atoms with Crippen molar-refractivity contribution in [3.63, 3.8) is 0 Å². The van der Waals surface area contributed by atoms with Gasteiger partial charge in [0.2, 0.25) is 5.95 Å². The minimum atomic E-state index is -1.11. The number of nitrogens with two attached hydrogens (primary N) is 1. The molecular weight excluding hydrogens is 436 g/mol. The number of aromatic nitrogens is 2. The van der Waals surface area contributed by atoms with Gasteiger partial charge in [-0.25, -0.2) is 14.6 Å². The second kappa shape index (κ2) is 11.3. The van der Waals surface area contributed by atoms with E-state index in [4.69, 9.17) is 15.6 Å². The van der Waals surface area contributed by atoms with Crippen molar-refractivity contribution in [2.24, 2.45) is 5.73 Å². The van der Waals surface area contributed by atoms with Gasteiger partial charge in [0.05, 0.1) is 29.3 Å². The van der Waals surface area contributed by atoms with Crippen LogP contribution in [-0.2, 0) is 11.3 Å². The zero-order valence-electron chi connectivity index (χ0n) is 17.5. The first-order chi connectivity index (χ1) is 14.9. The number of carboxylic acid groups (broad SMARTS) is 1. The lowest BCUT2D eigenvalue weighted by molar-refractivity contribution is 0.0599. The molecule has 0 aliphatic heterocycles. The fourth-order valence-electron chi connectivity index (χ4n) is 3.25. The number of ether oxygens (including phenoxy) is 1. The smallest absolute Gasteiger partial charge is 0.337 e. The Balaban J connectivity index is 0.00000363. The van der Waals surface area contributed by atoms with Gasteiger partial charge in [-0.3, -0.25) is 10.1 Å². The van der Waals surface area contributed by atoms with Crippen LogP contribution in [0.25, 0.3) is 11.0 Å². The number of imidazole rings is 1. The predicted octanol–water partition coefficient (Wildman–Crippen LogP) is 3.32. The monoisotopic (exact) mass is 460 g/mol. The number of nitrogens with zero attached hydrogens (tertiary/aromatic N) is 2. The largest absolute Gasteiger partial charge is 0.478 e. The molecule has 0 aliphatic carbocycles. The van der Waals surface area contributed by atoms with E-state index < -0.39 is 17.8 Å². The summed E-state index contributed by atoms with van der Waals surface area (Å²) in [6, 6.07) is 10.8. The van der Waals surface area contributed by atoms with Gasteiger partial charge in [0.25, 0.3) is 5.91 Å². The van der Waals surface area contributed by atoms with Crippen LogP contribution in [0.4, 0.5) is 5.95 Å². The molecule has 3 aromatic rings. The van der Waals surface area contributed by atoms with Crippen molar-refractivity contribution >= 4 is 47.2 Å². The topological polar surface area (TPSA) is 137 Å². The van der Waals surface area contributed by atoms with E-state index in [9.17, 15) is 14.4 Å². The Morgan fingerprint density at radius 3 is 2.50 bits per heavy atom. The maximum atomic E-state index is 12.8. The van der Waals surface area contributed by atoms with Crippen LogP contribution in [0.2, 0.25) is 0 Å². The molecule has 1 aromatic heterocycles. The Morgan fingerprint density at radius 2 is 1.81 bits per heavy atom. The van der Waals surface area contributed by atoms with Gasteiger partial charge in [0.15, 0.2) is 0 Å². The van der Waals surface area contributed by atoms with Gasteiger partial charge in [-0.2, -0.15) is 0 Å². The lowest BCUT2D eigenvalue weighted by Crippen LogP contribution is -2.17. The molecule has 0 atom stereocenters. The van der Waals surface area contributed by atoms with E-state index in [0.717, 1.165) is 19.3 Å². The molecule has 9 nitrogen and oxygen atoms in total. The third-order valence-electron chi connectivity index (χ3n) is 4.85. The zero-order valence-corrected chi connectivity index (χ0v) is 18.4. The molecule has 170 valence electrons. The predicted molar refractivity (Wildman–Crippen MR) is 123 cm³/mol. The van der Waals surface area contributed by atoms with Crippen LogP contribution in [0.5, 0.6) is 0 Å². The number of carbonyl (C=O) groups is 3. The van der Waals surface area contributed by atoms with Gasteiger partial charge in [-0.15, -0.1) is 12.4 Å². The number of benzene rings is 2. The highest BCUT2D eigenvalue weighted by atomic mass is 35.5. The first-order valence-electron chi connectivity index (χ1n) is 9.88. The lowest BCUT2D eigenvalue weighted by Gasteiger charge is -2.11. The van der Waals surface area contributed by atoms with Crippen molar-refractivity contribution in [3.8, 4) is 0 Å². The van der Waals surface area contributed by atoms with Crippen LogP contribution in [0.1, 0.15) is 50.3 Å². The van der Waals surface area contributed by atoms with E-state index >= 15 is 0 Å². The van der Waals surface area contributed by atoms with E-state index in [1.807, 2.05) is 4.57 Å². The summed E-state index contributed by atoms with van der Waals surface area (Å²) in [6.45, 7) is 1.16. The number of hydrogen-bond acceptors (Lipinski definition) is 6. The van der Waals surface area contributed by atoms with Crippen LogP contribution < -0.4 is 11.1 Å². The number of anilines is 1. The fraction of sp³-hybridized carbons (Fsp3) is 0.273. The Hall–Kier alpha value is -3.43. The van der Waals surface area contributed by atoms with Crippen molar-refractivity contribution in [3.05, 3.63) is 59.2 Å². The average Bonchev–Trinajstić information content (AvgIpc) is 3.12. The molecule has 0 aliphatic rings. The van der Waals surface area contributed by atoms with Crippen molar-refractivity contribution in [1.29, 1.82) is 0 Å². The molecule has 0 bridgehead atoms. The Kier molecular flexibility index (Phi) is 8.74. The molecule has 32 heavy (non-hydrogen) atoms. The van der Waals surface area contributed by atoms with Crippen LogP contribution in [0, 0.1) is 0 Å². The number of aryl methyl sites for hydroxylation is 1. The summed E-state index contributed by atoms with van der Waals surface area (Å²) in [4.78, 5) is 40.4. The summed E-state index contributed by atoms with van der Waals surface area (Å²) >= 11 is 0. The number of rotatable bonds is 9. The van der Waals surface area contributed by atoms with Crippen molar-refractivity contribution in [1.82, 2.24) is 9.55 Å². The molecule has 0 fully saturated rings. The minimum absolute atomic E-state index is 0. The molecular formula is C22H25ClN4O5. The van der Waals surface area contributed by atoms with Crippen molar-refractivity contribution in [2.45, 2.75) is 25.8 Å². The molecule has 4 N–H and O–H groups in total. The third-order valence-corrected chi connectivity index (χ3v) is 4.85. The van der Waals surface area contributed by atoms with E-state index in [1.165, 1.54) is 31.4 Å². The maximum Gasteiger partial charge on any atom is 0.337 e. The standard InChI is InChI=1S/C22H24N4O5.ClH/c1-31-21(30)16-8-9-17-18(13-16)26(11-4-2-3-10-23)22(24-17)25-19(27)14-6-5-7-15(12-14)20(28)29;/h5-9,12-13H,2-4,10-11,23H2,1H3,(H,28,29)(H,24,25,27);1H. The minimum Gasteiger partial charge on any atom is -0.478 e. The molecule has 1 amide bonds. The van der Waals surface area contributed by atoms with Crippen molar-refractivity contribution in [2.75, 3.05) is 19.0 Å². The quantitative estimate of drug-likeness (QED) is 0.329. The first-order valence-corrected chi connectivity index (χ1v) is 9.88. The normalized spacial score (nSPS) is 10.4. The van der Waals surface area contributed by atoms with Gasteiger partial charge in [0, 0.05) is 12.1 Å². The van der Waals surface area contributed by atoms with Gasteiger partial charge >= 0.3 is 11.9 Å². The number of esters is 1. The lowest BCUT2D eigenvalue weighted by atomic mass is 10.1. The van der Waals surface area contributed by atoms with E-state index in [0.29, 0.717) is 35.6 Å². The third kappa shape index (κ3) is 5.63. The van der Waals surface area contributed by atoms with Crippen molar-refractivity contribution < 1.29 is 24.2 Å². The number of carboxylic acids is 1. The molecule has 3 rings (SSSR count). The summed E-state index contributed by atoms with van der Waals surface area (Å²) in [7, 11) is 1.31. The Labute approximate surface area is 191 Å². The molecule has 10 heteroatoms. The summed E-state index contributed by atoms with van der Waals surface area (Å²) in [5, 5.41) is 11.9. The average molecular weight is 461 g/mol. The number of hydrogen-bond donors (Lipinski definition) is 3. The van der Waals surface area contributed by atoms with E-state index in [-0.39, 0.29) is 23.5 Å². The molecule has 2 aromatic carbocycles. The van der Waals surface area contributed by atoms with Gasteiger partial charge < -0.3 is 20.1 Å². The first kappa shape index (κ1) is 24.8. The second-order valence-electron chi connectivity index (χ2n) is 6.97. The Morgan fingerprint density at radius 1 is 1.06 bits per heavy atom. The maximum absolute atomic E-state index is 12.8. The number of carbonyl (C=O) groups excluding carboxylic acids is 2. The Bertz CT molecular complexity index is 1130. The SMILES string of the molecule is COC(=O)c1ccc2nc(NC(=O)c3cccc(C(=O)O)c3)n(CCCCCN)c2c1.Cl. The summed E-state index contributed by atoms with van der Waals surface area (Å²) < 4.78 is 6.63. The summed E-state index contributed by atoms with van der Waals surface area (Å²) in [6.07, 6.45) is 2.59. The molecule has 1 heterocycles. The molecule has 0 spiro atoms. The van der Waals surface area contributed by atoms with E-state index in [2.05, 4.69) is 10.3 Å². The highest BCUT2D eigenvalue weighted by Crippen LogP contribution is 2.23. The fourth-order valence-corrected chi connectivity index (χ4v) is 3.25. The summed E-state index contributed by atoms with van der Waals surface area (Å²) in [5.74, 6) is -1.74. The van der Waals surface area contributed by atoms with Crippen LogP contribution >= 0.6 is 12.4 Å². The highest BCUT2D eigenvalue weighted by molar-refractivity contribution is 6.05. The number of nitrogens with one attached hydrogen (secondary N) is 1. The highest BCUT2D eigenvalue weighted by Gasteiger charge is 2.17. The van der Waals surface area contributed by atoms with Crippen LogP contribution in [0.15, 0.2) is 42.5 Å². The number of fused-ring (bicyclic) bond motifs is 1. The number of halogens is 1. The second-order valence-corrected chi connectivity index (χ2v) is 6.97. The number of amides is 1. The molecule has 0 saturated carbocycles.